The topological polar surface area (TPSA) is 12.0 Å². The molecule has 0 aliphatic carbocycles. The maximum Gasteiger partial charge on any atom is 0.194 e. The molecule has 0 aliphatic rings. The van der Waals surface area contributed by atoms with Crippen LogP contribution in [0.2, 0.25) is 0 Å². The third-order valence-electron chi connectivity index (χ3n) is 2.21. The average Bonchev–Trinajstić information content (AvgIpc) is 2.23. The van der Waals surface area contributed by atoms with Gasteiger partial charge in [0.25, 0.3) is 0 Å². The highest BCUT2D eigenvalue weighted by Gasteiger charge is 2.09. The van der Waals surface area contributed by atoms with Crippen molar-refractivity contribution in [2.24, 2.45) is 0 Å². The number of nitrogens with one attached hydrogen (secondary N) is 1. The lowest BCUT2D eigenvalue weighted by Crippen LogP contribution is -2.24. The molecule has 0 aliphatic heterocycles. The molecular formula is C13H16F3N. The fourth-order valence-electron chi connectivity index (χ4n) is 1.36. The van der Waals surface area contributed by atoms with Crippen molar-refractivity contribution >= 4 is 6.08 Å². The Labute approximate surface area is 99.3 Å². The van der Waals surface area contributed by atoms with E-state index in [9.17, 15) is 13.2 Å². The molecule has 0 fully saturated rings. The fraction of sp³-hybridized carbons (Fsp3) is 0.385. The maximum absolute atomic E-state index is 12.9. The Kier molecular flexibility index (Phi) is 4.75. The number of hydrogen-bond acceptors (Lipinski definition) is 1. The molecule has 94 valence electrons. The van der Waals surface area contributed by atoms with Crippen LogP contribution in [0.15, 0.2) is 17.7 Å². The minimum atomic E-state index is -1.43. The lowest BCUT2D eigenvalue weighted by Gasteiger charge is -2.08. The van der Waals surface area contributed by atoms with E-state index in [1.54, 1.807) is 6.08 Å². The molecule has 1 nitrogen and oxygen atoms in total. The molecule has 1 aromatic rings. The molecule has 0 saturated heterocycles. The van der Waals surface area contributed by atoms with E-state index in [2.05, 4.69) is 5.32 Å². The standard InChI is InChI=1S/C13H16F3N/c1-8(2)17-7-9(3)4-10-5-11(14)13(16)12(15)6-10/h4-6,8,17H,7H2,1-3H3. The minimum absolute atomic E-state index is 0.324. The van der Waals surface area contributed by atoms with Crippen LogP contribution in [0, 0.1) is 17.5 Å². The summed E-state index contributed by atoms with van der Waals surface area (Å²) in [6, 6.07) is 2.30. The highest BCUT2D eigenvalue weighted by molar-refractivity contribution is 5.53. The summed E-state index contributed by atoms with van der Waals surface area (Å²) >= 11 is 0. The summed E-state index contributed by atoms with van der Waals surface area (Å²) in [4.78, 5) is 0. The third-order valence-corrected chi connectivity index (χ3v) is 2.21. The minimum Gasteiger partial charge on any atom is -0.311 e. The molecule has 17 heavy (non-hydrogen) atoms. The summed E-state index contributed by atoms with van der Waals surface area (Å²) in [5, 5.41) is 3.18. The Morgan fingerprint density at radius 2 is 1.76 bits per heavy atom. The van der Waals surface area contributed by atoms with Crippen LogP contribution in [0.25, 0.3) is 6.08 Å². The van der Waals surface area contributed by atoms with Crippen LogP contribution in [0.1, 0.15) is 26.3 Å². The molecule has 1 rings (SSSR count). The van der Waals surface area contributed by atoms with E-state index in [4.69, 9.17) is 0 Å². The molecule has 4 heteroatoms. The van der Waals surface area contributed by atoms with Gasteiger partial charge in [-0.15, -0.1) is 0 Å². The van der Waals surface area contributed by atoms with Crippen molar-refractivity contribution in [3.8, 4) is 0 Å². The first-order valence-electron chi connectivity index (χ1n) is 5.45. The molecule has 0 atom stereocenters. The van der Waals surface area contributed by atoms with E-state index in [1.165, 1.54) is 0 Å². The van der Waals surface area contributed by atoms with Gasteiger partial charge in [0.1, 0.15) is 0 Å². The van der Waals surface area contributed by atoms with Gasteiger partial charge < -0.3 is 5.32 Å². The van der Waals surface area contributed by atoms with Gasteiger partial charge in [-0.25, -0.2) is 13.2 Å². The summed E-state index contributed by atoms with van der Waals surface area (Å²) < 4.78 is 38.6. The van der Waals surface area contributed by atoms with Gasteiger partial charge in [0.05, 0.1) is 0 Å². The molecule has 1 N–H and O–H groups in total. The Morgan fingerprint density at radius 1 is 1.24 bits per heavy atom. The molecule has 0 spiro atoms. The van der Waals surface area contributed by atoms with Gasteiger partial charge >= 0.3 is 0 Å². The number of rotatable bonds is 4. The SMILES string of the molecule is CC(=Cc1cc(F)c(F)c(F)c1)CNC(C)C. The van der Waals surface area contributed by atoms with Crippen LogP contribution >= 0.6 is 0 Å². The third kappa shape index (κ3) is 4.23. The van der Waals surface area contributed by atoms with Crippen LogP contribution in [0.5, 0.6) is 0 Å². The van der Waals surface area contributed by atoms with Crippen molar-refractivity contribution in [1.82, 2.24) is 5.32 Å². The van der Waals surface area contributed by atoms with Crippen LogP contribution in [0.3, 0.4) is 0 Å². The molecule has 0 saturated carbocycles. The second-order valence-corrected chi connectivity index (χ2v) is 4.32. The quantitative estimate of drug-likeness (QED) is 0.798. The Hall–Kier alpha value is -1.29. The van der Waals surface area contributed by atoms with Gasteiger partial charge in [-0.1, -0.05) is 25.5 Å². The lowest BCUT2D eigenvalue weighted by atomic mass is 10.1. The first kappa shape index (κ1) is 13.8. The number of halogens is 3. The van der Waals surface area contributed by atoms with Crippen LogP contribution < -0.4 is 5.32 Å². The van der Waals surface area contributed by atoms with Crippen molar-refractivity contribution in [2.45, 2.75) is 26.8 Å². The van der Waals surface area contributed by atoms with Crippen molar-refractivity contribution in [3.05, 3.63) is 40.7 Å². The van der Waals surface area contributed by atoms with Crippen LogP contribution in [-0.4, -0.2) is 12.6 Å². The van der Waals surface area contributed by atoms with E-state index in [-0.39, 0.29) is 0 Å². The second kappa shape index (κ2) is 5.87. The number of benzene rings is 1. The Bertz CT molecular complexity index is 402. The first-order chi connectivity index (χ1) is 7.90. The van der Waals surface area contributed by atoms with Crippen molar-refractivity contribution in [1.29, 1.82) is 0 Å². The fourth-order valence-corrected chi connectivity index (χ4v) is 1.36. The summed E-state index contributed by atoms with van der Waals surface area (Å²) in [5.41, 5.74) is 1.24. The molecular weight excluding hydrogens is 227 g/mol. The summed E-state index contributed by atoms with van der Waals surface area (Å²) in [5.74, 6) is -3.76. The first-order valence-corrected chi connectivity index (χ1v) is 5.45. The molecule has 0 amide bonds. The molecule has 0 heterocycles. The van der Waals surface area contributed by atoms with Crippen molar-refractivity contribution in [3.63, 3.8) is 0 Å². The number of hydrogen-bond donors (Lipinski definition) is 1. The molecule has 1 aromatic carbocycles. The predicted octanol–water partition coefficient (Wildman–Crippen LogP) is 3.51. The Balaban J connectivity index is 2.83. The van der Waals surface area contributed by atoms with Gasteiger partial charge in [-0.2, -0.15) is 0 Å². The molecule has 0 radical (unpaired) electrons. The highest BCUT2D eigenvalue weighted by Crippen LogP contribution is 2.15. The van der Waals surface area contributed by atoms with Gasteiger partial charge in [0.2, 0.25) is 0 Å². The average molecular weight is 243 g/mol. The zero-order chi connectivity index (χ0) is 13.0. The monoisotopic (exact) mass is 243 g/mol. The molecule has 0 unspecified atom stereocenters. The van der Waals surface area contributed by atoms with Crippen molar-refractivity contribution < 1.29 is 13.2 Å². The highest BCUT2D eigenvalue weighted by atomic mass is 19.2. The van der Waals surface area contributed by atoms with Crippen LogP contribution in [0.4, 0.5) is 13.2 Å². The van der Waals surface area contributed by atoms with Crippen molar-refractivity contribution in [2.75, 3.05) is 6.54 Å². The van der Waals surface area contributed by atoms with Gasteiger partial charge in [-0.05, 0) is 24.6 Å². The molecule has 0 aromatic heterocycles. The molecule has 0 bridgehead atoms. The van der Waals surface area contributed by atoms with Gasteiger partial charge in [0.15, 0.2) is 17.5 Å². The zero-order valence-corrected chi connectivity index (χ0v) is 10.2. The smallest absolute Gasteiger partial charge is 0.194 e. The van der Waals surface area contributed by atoms with Crippen LogP contribution in [-0.2, 0) is 0 Å². The Morgan fingerprint density at radius 3 is 2.24 bits per heavy atom. The summed E-state index contributed by atoms with van der Waals surface area (Å²) in [6.45, 7) is 6.47. The largest absolute Gasteiger partial charge is 0.311 e. The van der Waals surface area contributed by atoms with Gasteiger partial charge in [-0.3, -0.25) is 0 Å². The zero-order valence-electron chi connectivity index (χ0n) is 10.2. The van der Waals surface area contributed by atoms with E-state index < -0.39 is 17.5 Å². The van der Waals surface area contributed by atoms with E-state index in [0.29, 0.717) is 18.2 Å². The van der Waals surface area contributed by atoms with Gasteiger partial charge in [0, 0.05) is 12.6 Å². The normalized spacial score (nSPS) is 12.3. The lowest BCUT2D eigenvalue weighted by molar-refractivity contribution is 0.447. The van der Waals surface area contributed by atoms with E-state index in [1.807, 2.05) is 20.8 Å². The van der Waals surface area contributed by atoms with E-state index in [0.717, 1.165) is 17.7 Å². The second-order valence-electron chi connectivity index (χ2n) is 4.32. The predicted molar refractivity (Wildman–Crippen MR) is 63.1 cm³/mol. The maximum atomic E-state index is 12.9. The summed E-state index contributed by atoms with van der Waals surface area (Å²) in [6.07, 6.45) is 1.63. The van der Waals surface area contributed by atoms with E-state index >= 15 is 0 Å². The summed E-state index contributed by atoms with van der Waals surface area (Å²) in [7, 11) is 0.